The Morgan fingerprint density at radius 1 is 1.30 bits per heavy atom. The van der Waals surface area contributed by atoms with Gasteiger partial charge in [-0.25, -0.2) is 0 Å². The van der Waals surface area contributed by atoms with Crippen molar-refractivity contribution in [2.75, 3.05) is 0 Å². The summed E-state index contributed by atoms with van der Waals surface area (Å²) in [5.41, 5.74) is 0. The summed E-state index contributed by atoms with van der Waals surface area (Å²) in [4.78, 5) is 0. The lowest BCUT2D eigenvalue weighted by molar-refractivity contribution is 0.00732. The SMILES string of the molecule is O=[PH](OF)c1ccccc1. The second-order valence-corrected chi connectivity index (χ2v) is 3.04. The van der Waals surface area contributed by atoms with Gasteiger partial charge in [0.15, 0.2) is 0 Å². The Bertz CT molecular complexity index is 224. The average Bonchev–Trinajstić information content (AvgIpc) is 2.05. The summed E-state index contributed by atoms with van der Waals surface area (Å²) in [6, 6.07) is 8.23. The Kier molecular flexibility index (Phi) is 2.60. The molecule has 0 radical (unpaired) electrons. The lowest BCUT2D eigenvalue weighted by atomic mass is 10.4. The fraction of sp³-hybridized carbons (Fsp3) is 0. The van der Waals surface area contributed by atoms with Gasteiger partial charge in [0.2, 0.25) is 0 Å². The van der Waals surface area contributed by atoms with Gasteiger partial charge in [-0.3, -0.25) is 4.57 Å². The molecule has 0 bridgehead atoms. The Balaban J connectivity index is 2.85. The molecule has 2 nitrogen and oxygen atoms in total. The minimum atomic E-state index is -2.62. The van der Waals surface area contributed by atoms with Gasteiger partial charge >= 0.3 is 0 Å². The van der Waals surface area contributed by atoms with Gasteiger partial charge in [0.25, 0.3) is 8.03 Å². The van der Waals surface area contributed by atoms with Crippen LogP contribution in [0.2, 0.25) is 0 Å². The van der Waals surface area contributed by atoms with E-state index in [9.17, 15) is 9.09 Å². The molecule has 54 valence electrons. The molecule has 4 heteroatoms. The lowest BCUT2D eigenvalue weighted by Gasteiger charge is -1.92. The fourth-order valence-electron chi connectivity index (χ4n) is 0.619. The minimum absolute atomic E-state index is 0.398. The van der Waals surface area contributed by atoms with Crippen molar-refractivity contribution in [3.63, 3.8) is 0 Å². The van der Waals surface area contributed by atoms with Gasteiger partial charge in [0, 0.05) is 5.30 Å². The third-order valence-electron chi connectivity index (χ3n) is 1.08. The molecular formula is C6H6FO2P. The molecule has 0 aliphatic heterocycles. The maximum atomic E-state index is 11.3. The second kappa shape index (κ2) is 3.49. The van der Waals surface area contributed by atoms with Crippen LogP contribution in [0.4, 0.5) is 4.53 Å². The number of hydrogen-bond donors (Lipinski definition) is 0. The van der Waals surface area contributed by atoms with Crippen LogP contribution in [0, 0.1) is 0 Å². The molecule has 0 aliphatic rings. The number of halogens is 1. The van der Waals surface area contributed by atoms with E-state index >= 15 is 0 Å². The van der Waals surface area contributed by atoms with E-state index in [2.05, 4.69) is 4.73 Å². The molecule has 1 aromatic rings. The van der Waals surface area contributed by atoms with Gasteiger partial charge in [-0.15, -0.1) is 4.73 Å². The molecule has 1 atom stereocenters. The molecule has 0 spiro atoms. The maximum absolute atomic E-state index is 11.3. The predicted octanol–water partition coefficient (Wildman–Crippen LogP) is 1.69. The molecule has 1 rings (SSSR count). The van der Waals surface area contributed by atoms with Crippen molar-refractivity contribution in [2.45, 2.75) is 0 Å². The third kappa shape index (κ3) is 1.66. The van der Waals surface area contributed by atoms with E-state index < -0.39 is 8.03 Å². The Morgan fingerprint density at radius 2 is 1.90 bits per heavy atom. The van der Waals surface area contributed by atoms with Crippen LogP contribution in [0.25, 0.3) is 0 Å². The molecule has 0 saturated carbocycles. The van der Waals surface area contributed by atoms with E-state index in [1.165, 1.54) is 0 Å². The number of hydrogen-bond acceptors (Lipinski definition) is 2. The zero-order valence-corrected chi connectivity index (χ0v) is 6.08. The minimum Gasteiger partial charge on any atom is -0.288 e. The van der Waals surface area contributed by atoms with Crippen LogP contribution >= 0.6 is 8.03 Å². The van der Waals surface area contributed by atoms with E-state index in [-0.39, 0.29) is 0 Å². The van der Waals surface area contributed by atoms with Crippen LogP contribution < -0.4 is 5.30 Å². The summed E-state index contributed by atoms with van der Waals surface area (Å²) >= 11 is 0. The van der Waals surface area contributed by atoms with Crippen LogP contribution in [-0.2, 0) is 9.29 Å². The molecule has 1 aromatic carbocycles. The summed E-state index contributed by atoms with van der Waals surface area (Å²) in [6.45, 7) is 0. The molecule has 0 aliphatic carbocycles. The Labute approximate surface area is 58.4 Å². The summed E-state index contributed by atoms with van der Waals surface area (Å²) < 4.78 is 25.1. The van der Waals surface area contributed by atoms with Gasteiger partial charge < -0.3 is 0 Å². The largest absolute Gasteiger partial charge is 0.288 e. The first kappa shape index (κ1) is 7.45. The number of rotatable bonds is 2. The maximum Gasteiger partial charge on any atom is 0.258 e. The van der Waals surface area contributed by atoms with Crippen molar-refractivity contribution in [3.8, 4) is 0 Å². The standard InChI is InChI=1S/C6H6FO2P/c7-9-10(8)6-4-2-1-3-5-6/h1-5,10H. The van der Waals surface area contributed by atoms with Gasteiger partial charge in [-0.2, -0.15) is 0 Å². The highest BCUT2D eigenvalue weighted by Gasteiger charge is 2.00. The lowest BCUT2D eigenvalue weighted by Crippen LogP contribution is -1.92. The van der Waals surface area contributed by atoms with Crippen molar-refractivity contribution in [3.05, 3.63) is 30.3 Å². The number of benzene rings is 1. The second-order valence-electron chi connectivity index (χ2n) is 1.73. The Hall–Kier alpha value is -0.660. The topological polar surface area (TPSA) is 26.3 Å². The summed E-state index contributed by atoms with van der Waals surface area (Å²) in [6.07, 6.45) is 0. The third-order valence-corrected chi connectivity index (χ3v) is 2.02. The van der Waals surface area contributed by atoms with Crippen LogP contribution in [0.5, 0.6) is 0 Å². The van der Waals surface area contributed by atoms with E-state index in [0.717, 1.165) is 0 Å². The van der Waals surface area contributed by atoms with E-state index in [4.69, 9.17) is 0 Å². The smallest absolute Gasteiger partial charge is 0.258 e. The molecule has 0 saturated heterocycles. The quantitative estimate of drug-likeness (QED) is 0.615. The van der Waals surface area contributed by atoms with Crippen LogP contribution in [0.15, 0.2) is 30.3 Å². The van der Waals surface area contributed by atoms with Crippen molar-refractivity contribution >= 4 is 13.3 Å². The molecule has 0 amide bonds. The molecule has 0 heterocycles. The highest BCUT2D eigenvalue weighted by Crippen LogP contribution is 2.20. The summed E-state index contributed by atoms with van der Waals surface area (Å²) in [5, 5.41) is 0.398. The van der Waals surface area contributed by atoms with Gasteiger partial charge in [-0.05, 0) is 16.7 Å². The van der Waals surface area contributed by atoms with Crippen molar-refractivity contribution in [1.29, 1.82) is 0 Å². The van der Waals surface area contributed by atoms with Gasteiger partial charge in [0.05, 0.1) is 0 Å². The average molecular weight is 160 g/mol. The molecular weight excluding hydrogens is 154 g/mol. The molecule has 0 fully saturated rings. The highest BCUT2D eigenvalue weighted by molar-refractivity contribution is 7.48. The first-order valence-electron chi connectivity index (χ1n) is 2.72. The van der Waals surface area contributed by atoms with Crippen molar-refractivity contribution in [1.82, 2.24) is 0 Å². The van der Waals surface area contributed by atoms with Crippen LogP contribution in [0.3, 0.4) is 0 Å². The molecule has 0 N–H and O–H groups in total. The molecule has 1 unspecified atom stereocenters. The van der Waals surface area contributed by atoms with E-state index in [0.29, 0.717) is 5.30 Å². The fourth-order valence-corrected chi connectivity index (χ4v) is 1.17. The first-order chi connectivity index (χ1) is 4.84. The normalized spacial score (nSPS) is 12.9. The zero-order valence-electron chi connectivity index (χ0n) is 5.08. The van der Waals surface area contributed by atoms with Crippen molar-refractivity contribution in [2.24, 2.45) is 0 Å². The van der Waals surface area contributed by atoms with E-state index in [1.54, 1.807) is 30.3 Å². The Morgan fingerprint density at radius 3 is 2.40 bits per heavy atom. The van der Waals surface area contributed by atoms with Crippen LogP contribution in [-0.4, -0.2) is 0 Å². The monoisotopic (exact) mass is 160 g/mol. The first-order valence-corrected chi connectivity index (χ1v) is 4.04. The molecule has 0 aromatic heterocycles. The zero-order chi connectivity index (χ0) is 7.40. The van der Waals surface area contributed by atoms with Crippen molar-refractivity contribution < 1.29 is 13.8 Å². The van der Waals surface area contributed by atoms with E-state index in [1.807, 2.05) is 0 Å². The summed E-state index contributed by atoms with van der Waals surface area (Å²) in [5.74, 6) is 0. The summed E-state index contributed by atoms with van der Waals surface area (Å²) in [7, 11) is -2.62. The molecule has 10 heavy (non-hydrogen) atoms. The highest BCUT2D eigenvalue weighted by atomic mass is 31.1. The van der Waals surface area contributed by atoms with Gasteiger partial charge in [-0.1, -0.05) is 18.2 Å². The van der Waals surface area contributed by atoms with Crippen LogP contribution in [0.1, 0.15) is 0 Å². The van der Waals surface area contributed by atoms with Gasteiger partial charge in [0.1, 0.15) is 0 Å². The predicted molar refractivity (Wildman–Crippen MR) is 37.3 cm³/mol.